The van der Waals surface area contributed by atoms with E-state index < -0.39 is 16.0 Å². The van der Waals surface area contributed by atoms with Gasteiger partial charge in [0.2, 0.25) is 10.0 Å². The van der Waals surface area contributed by atoms with Crippen LogP contribution in [0.15, 0.2) is 41.6 Å². The maximum Gasteiger partial charge on any atom is 0.338 e. The highest BCUT2D eigenvalue weighted by Gasteiger charge is 2.15. The van der Waals surface area contributed by atoms with Crippen LogP contribution in [0.5, 0.6) is 0 Å². The van der Waals surface area contributed by atoms with E-state index in [0.29, 0.717) is 0 Å². The third-order valence-corrected chi connectivity index (χ3v) is 4.61. The molecule has 2 aromatic rings. The first-order valence-electron chi connectivity index (χ1n) is 6.93. The summed E-state index contributed by atoms with van der Waals surface area (Å²) >= 11 is 0. The molecule has 2 N–H and O–H groups in total. The van der Waals surface area contributed by atoms with Gasteiger partial charge in [-0.05, 0) is 23.6 Å². The lowest BCUT2D eigenvalue weighted by Crippen LogP contribution is -2.24. The summed E-state index contributed by atoms with van der Waals surface area (Å²) in [5, 5.41) is 8.76. The molecule has 0 atom stereocenters. The van der Waals surface area contributed by atoms with E-state index in [1.807, 2.05) is 19.9 Å². The fourth-order valence-electron chi connectivity index (χ4n) is 1.84. The van der Waals surface area contributed by atoms with Crippen molar-refractivity contribution in [3.63, 3.8) is 0 Å². The maximum atomic E-state index is 12.3. The van der Waals surface area contributed by atoms with Crippen LogP contribution in [0.3, 0.4) is 0 Å². The SMILES string of the molecule is CC(C)c1cccc(S(=O)(=O)NCc2ncc(C(=O)O)cn2)c1. The van der Waals surface area contributed by atoms with E-state index >= 15 is 0 Å². The molecule has 0 saturated carbocycles. The van der Waals surface area contributed by atoms with Crippen LogP contribution in [0, 0.1) is 0 Å². The Kier molecular flexibility index (Phi) is 5.07. The van der Waals surface area contributed by atoms with Gasteiger partial charge in [-0.15, -0.1) is 0 Å². The Morgan fingerprint density at radius 2 is 1.91 bits per heavy atom. The molecule has 0 saturated heterocycles. The number of nitrogens with one attached hydrogen (secondary N) is 1. The van der Waals surface area contributed by atoms with E-state index in [0.717, 1.165) is 18.0 Å². The molecule has 8 heteroatoms. The lowest BCUT2D eigenvalue weighted by molar-refractivity contribution is 0.0696. The number of carboxylic acids is 1. The van der Waals surface area contributed by atoms with Gasteiger partial charge in [-0.1, -0.05) is 26.0 Å². The molecule has 23 heavy (non-hydrogen) atoms. The molecule has 2 rings (SSSR count). The van der Waals surface area contributed by atoms with Crippen molar-refractivity contribution in [1.29, 1.82) is 0 Å². The Bertz CT molecular complexity index is 802. The van der Waals surface area contributed by atoms with Crippen LogP contribution in [0.25, 0.3) is 0 Å². The van der Waals surface area contributed by atoms with E-state index in [9.17, 15) is 13.2 Å². The molecule has 7 nitrogen and oxygen atoms in total. The van der Waals surface area contributed by atoms with Crippen molar-refractivity contribution in [2.45, 2.75) is 31.2 Å². The molecule has 0 spiro atoms. The summed E-state index contributed by atoms with van der Waals surface area (Å²) in [6.45, 7) is 3.85. The third kappa shape index (κ3) is 4.33. The largest absolute Gasteiger partial charge is 0.478 e. The monoisotopic (exact) mass is 335 g/mol. The minimum absolute atomic E-state index is 0.0544. The van der Waals surface area contributed by atoms with Crippen molar-refractivity contribution in [2.24, 2.45) is 0 Å². The molecule has 0 amide bonds. The second kappa shape index (κ2) is 6.84. The Morgan fingerprint density at radius 1 is 1.26 bits per heavy atom. The van der Waals surface area contributed by atoms with Crippen molar-refractivity contribution < 1.29 is 18.3 Å². The van der Waals surface area contributed by atoms with Crippen LogP contribution in [-0.4, -0.2) is 29.5 Å². The zero-order valence-electron chi connectivity index (χ0n) is 12.7. The number of benzene rings is 1. The van der Waals surface area contributed by atoms with E-state index in [-0.39, 0.29) is 28.7 Å². The molecule has 1 aromatic heterocycles. The fourth-order valence-corrected chi connectivity index (χ4v) is 2.87. The predicted octanol–water partition coefficient (Wildman–Crippen LogP) is 1.78. The van der Waals surface area contributed by atoms with Gasteiger partial charge < -0.3 is 5.11 Å². The van der Waals surface area contributed by atoms with Crippen LogP contribution in [0.4, 0.5) is 0 Å². The molecular weight excluding hydrogens is 318 g/mol. The van der Waals surface area contributed by atoms with Gasteiger partial charge >= 0.3 is 5.97 Å². The smallest absolute Gasteiger partial charge is 0.338 e. The van der Waals surface area contributed by atoms with E-state index in [2.05, 4.69) is 14.7 Å². The summed E-state index contributed by atoms with van der Waals surface area (Å²) in [5.74, 6) is -0.724. The predicted molar refractivity (Wildman–Crippen MR) is 83.5 cm³/mol. The van der Waals surface area contributed by atoms with Gasteiger partial charge in [0.25, 0.3) is 0 Å². The Labute approximate surface area is 134 Å². The van der Waals surface area contributed by atoms with Gasteiger partial charge in [-0.25, -0.2) is 27.9 Å². The second-order valence-corrected chi connectivity index (χ2v) is 7.01. The number of hydrogen-bond acceptors (Lipinski definition) is 5. The maximum absolute atomic E-state index is 12.3. The van der Waals surface area contributed by atoms with Crippen molar-refractivity contribution in [3.8, 4) is 0 Å². The summed E-state index contributed by atoms with van der Waals surface area (Å²) in [4.78, 5) is 18.5. The zero-order valence-corrected chi connectivity index (χ0v) is 13.5. The summed E-state index contributed by atoms with van der Waals surface area (Å²) in [6, 6.07) is 6.71. The van der Waals surface area contributed by atoms with Gasteiger partial charge in [-0.2, -0.15) is 0 Å². The topological polar surface area (TPSA) is 109 Å². The van der Waals surface area contributed by atoms with Crippen LogP contribution < -0.4 is 4.72 Å². The third-order valence-electron chi connectivity index (χ3n) is 3.21. The lowest BCUT2D eigenvalue weighted by Gasteiger charge is -2.09. The first-order valence-corrected chi connectivity index (χ1v) is 8.42. The number of hydrogen-bond donors (Lipinski definition) is 2. The highest BCUT2D eigenvalue weighted by Crippen LogP contribution is 2.18. The molecule has 0 aliphatic rings. The van der Waals surface area contributed by atoms with Crippen molar-refractivity contribution in [1.82, 2.24) is 14.7 Å². The van der Waals surface area contributed by atoms with Gasteiger partial charge in [0, 0.05) is 12.4 Å². The number of carbonyl (C=O) groups is 1. The highest BCUT2D eigenvalue weighted by molar-refractivity contribution is 7.89. The van der Waals surface area contributed by atoms with Gasteiger partial charge in [0.05, 0.1) is 17.0 Å². The molecule has 0 aliphatic carbocycles. The van der Waals surface area contributed by atoms with Crippen LogP contribution in [0.2, 0.25) is 0 Å². The van der Waals surface area contributed by atoms with E-state index in [4.69, 9.17) is 5.11 Å². The van der Waals surface area contributed by atoms with Crippen molar-refractivity contribution in [3.05, 3.63) is 53.6 Å². The summed E-state index contributed by atoms with van der Waals surface area (Å²) in [6.07, 6.45) is 2.27. The Hall–Kier alpha value is -2.32. The first-order chi connectivity index (χ1) is 10.8. The average Bonchev–Trinajstić information content (AvgIpc) is 2.53. The Balaban J connectivity index is 2.12. The standard InChI is InChI=1S/C15H17N3O4S/c1-10(2)11-4-3-5-13(6-11)23(21,22)18-9-14-16-7-12(8-17-14)15(19)20/h3-8,10,18H,9H2,1-2H3,(H,19,20). The number of aromatic nitrogens is 2. The molecule has 1 heterocycles. The summed E-state index contributed by atoms with van der Waals surface area (Å²) in [7, 11) is -3.69. The molecule has 0 unspecified atom stereocenters. The zero-order chi connectivity index (χ0) is 17.0. The van der Waals surface area contributed by atoms with E-state index in [1.54, 1.807) is 12.1 Å². The lowest BCUT2D eigenvalue weighted by atomic mass is 10.0. The number of rotatable bonds is 6. The summed E-state index contributed by atoms with van der Waals surface area (Å²) < 4.78 is 27.0. The molecule has 122 valence electrons. The normalized spacial score (nSPS) is 11.6. The molecule has 1 aromatic carbocycles. The van der Waals surface area contributed by atoms with Gasteiger partial charge in [0.15, 0.2) is 0 Å². The number of sulfonamides is 1. The minimum Gasteiger partial charge on any atom is -0.478 e. The fraction of sp³-hybridized carbons (Fsp3) is 0.267. The average molecular weight is 335 g/mol. The van der Waals surface area contributed by atoms with Gasteiger partial charge in [-0.3, -0.25) is 0 Å². The summed E-state index contributed by atoms with van der Waals surface area (Å²) in [5.41, 5.74) is 0.871. The highest BCUT2D eigenvalue weighted by atomic mass is 32.2. The van der Waals surface area contributed by atoms with Crippen LogP contribution in [0.1, 0.15) is 41.5 Å². The molecule has 0 radical (unpaired) electrons. The van der Waals surface area contributed by atoms with Crippen molar-refractivity contribution in [2.75, 3.05) is 0 Å². The molecule has 0 fully saturated rings. The Morgan fingerprint density at radius 3 is 2.48 bits per heavy atom. The van der Waals surface area contributed by atoms with E-state index in [1.165, 1.54) is 6.07 Å². The van der Waals surface area contributed by atoms with Crippen molar-refractivity contribution >= 4 is 16.0 Å². The number of carboxylic acid groups (broad SMARTS) is 1. The molecule has 0 aliphatic heterocycles. The first kappa shape index (κ1) is 17.0. The quantitative estimate of drug-likeness (QED) is 0.833. The van der Waals surface area contributed by atoms with Crippen LogP contribution in [-0.2, 0) is 16.6 Å². The minimum atomic E-state index is -3.69. The number of nitrogens with zero attached hydrogens (tertiary/aromatic N) is 2. The molecule has 0 bridgehead atoms. The molecular formula is C15H17N3O4S. The number of aromatic carboxylic acids is 1. The van der Waals surface area contributed by atoms with Crippen LogP contribution >= 0.6 is 0 Å². The second-order valence-electron chi connectivity index (χ2n) is 5.24. The van der Waals surface area contributed by atoms with Gasteiger partial charge in [0.1, 0.15) is 5.82 Å².